The van der Waals surface area contributed by atoms with Crippen molar-refractivity contribution in [1.82, 2.24) is 9.78 Å². The molecule has 2 unspecified atom stereocenters. The summed E-state index contributed by atoms with van der Waals surface area (Å²) in [4.78, 5) is 0. The number of nitrogens with zero attached hydrogens (tertiary/aromatic N) is 2. The van der Waals surface area contributed by atoms with Gasteiger partial charge in [0.1, 0.15) is 0 Å². The zero-order chi connectivity index (χ0) is 12.4. The molecule has 3 nitrogen and oxygen atoms in total. The Morgan fingerprint density at radius 3 is 2.78 bits per heavy atom. The number of hydrogen-bond acceptors (Lipinski definition) is 2. The molecular formula is C15H18N2O. The fraction of sp³-hybridized carbons (Fsp3) is 0.400. The van der Waals surface area contributed by atoms with Gasteiger partial charge in [-0.25, -0.2) is 4.68 Å². The van der Waals surface area contributed by atoms with Crippen LogP contribution in [0.25, 0.3) is 5.69 Å². The van der Waals surface area contributed by atoms with Crippen LogP contribution in [0, 0.1) is 5.92 Å². The summed E-state index contributed by atoms with van der Waals surface area (Å²) in [7, 11) is 0. The Kier molecular flexibility index (Phi) is 3.15. The zero-order valence-corrected chi connectivity index (χ0v) is 10.4. The molecule has 3 rings (SSSR count). The smallest absolute Gasteiger partial charge is 0.0645 e. The Hall–Kier alpha value is -1.61. The van der Waals surface area contributed by atoms with Gasteiger partial charge >= 0.3 is 0 Å². The molecule has 1 N–H and O–H groups in total. The molecule has 2 aromatic rings. The lowest BCUT2D eigenvalue weighted by Crippen LogP contribution is -2.15. The Morgan fingerprint density at radius 2 is 2.06 bits per heavy atom. The molecule has 0 saturated heterocycles. The van der Waals surface area contributed by atoms with E-state index in [-0.39, 0.29) is 6.10 Å². The lowest BCUT2D eigenvalue weighted by Gasteiger charge is -2.12. The molecule has 0 radical (unpaired) electrons. The highest BCUT2D eigenvalue weighted by Crippen LogP contribution is 2.28. The van der Waals surface area contributed by atoms with Crippen molar-refractivity contribution < 1.29 is 5.11 Å². The number of rotatable bonds is 3. The SMILES string of the molecule is OC1CCCC1Cc1cnn(-c2ccccc2)c1. The predicted molar refractivity (Wildman–Crippen MR) is 70.6 cm³/mol. The molecule has 1 aliphatic carbocycles. The van der Waals surface area contributed by atoms with Crippen LogP contribution < -0.4 is 0 Å². The largest absolute Gasteiger partial charge is 0.393 e. The molecule has 1 saturated carbocycles. The van der Waals surface area contributed by atoms with Crippen LogP contribution in [0.4, 0.5) is 0 Å². The average molecular weight is 242 g/mol. The minimum atomic E-state index is -0.120. The van der Waals surface area contributed by atoms with Crippen LogP contribution in [0.1, 0.15) is 24.8 Å². The van der Waals surface area contributed by atoms with E-state index in [1.54, 1.807) is 0 Å². The zero-order valence-electron chi connectivity index (χ0n) is 10.4. The summed E-state index contributed by atoms with van der Waals surface area (Å²) in [6.45, 7) is 0. The van der Waals surface area contributed by atoms with E-state index >= 15 is 0 Å². The van der Waals surface area contributed by atoms with Gasteiger partial charge in [-0.15, -0.1) is 0 Å². The van der Waals surface area contributed by atoms with Crippen molar-refractivity contribution >= 4 is 0 Å². The number of benzene rings is 1. The number of hydrogen-bond donors (Lipinski definition) is 1. The van der Waals surface area contributed by atoms with Crippen LogP contribution in [0.5, 0.6) is 0 Å². The summed E-state index contributed by atoms with van der Waals surface area (Å²) in [6.07, 6.45) is 8.05. The molecular weight excluding hydrogens is 224 g/mol. The van der Waals surface area contributed by atoms with E-state index in [0.717, 1.165) is 31.4 Å². The molecule has 1 heterocycles. The number of aromatic nitrogens is 2. The van der Waals surface area contributed by atoms with Gasteiger partial charge in [0.2, 0.25) is 0 Å². The third-order valence-corrected chi connectivity index (χ3v) is 3.77. The van der Waals surface area contributed by atoms with Gasteiger partial charge in [-0.3, -0.25) is 0 Å². The maximum absolute atomic E-state index is 9.85. The molecule has 0 bridgehead atoms. The van der Waals surface area contributed by atoms with Gasteiger partial charge in [-0.1, -0.05) is 24.6 Å². The second kappa shape index (κ2) is 4.94. The topological polar surface area (TPSA) is 38.1 Å². The van der Waals surface area contributed by atoms with Crippen molar-refractivity contribution in [3.8, 4) is 5.69 Å². The Morgan fingerprint density at radius 1 is 1.22 bits per heavy atom. The monoisotopic (exact) mass is 242 g/mol. The van der Waals surface area contributed by atoms with Gasteiger partial charge in [0, 0.05) is 6.20 Å². The van der Waals surface area contributed by atoms with Gasteiger partial charge in [0.15, 0.2) is 0 Å². The van der Waals surface area contributed by atoms with E-state index in [1.807, 2.05) is 41.2 Å². The summed E-state index contributed by atoms with van der Waals surface area (Å²) < 4.78 is 1.90. The summed E-state index contributed by atoms with van der Waals surface area (Å²) in [6, 6.07) is 10.1. The third kappa shape index (κ3) is 2.31. The average Bonchev–Trinajstić information content (AvgIpc) is 3.02. The van der Waals surface area contributed by atoms with E-state index in [2.05, 4.69) is 11.3 Å². The van der Waals surface area contributed by atoms with Crippen molar-refractivity contribution in [3.63, 3.8) is 0 Å². The molecule has 18 heavy (non-hydrogen) atoms. The Bertz CT molecular complexity index is 506. The molecule has 2 atom stereocenters. The van der Waals surface area contributed by atoms with Crippen LogP contribution in [-0.2, 0) is 6.42 Å². The van der Waals surface area contributed by atoms with Crippen molar-refractivity contribution in [1.29, 1.82) is 0 Å². The van der Waals surface area contributed by atoms with E-state index in [0.29, 0.717) is 5.92 Å². The first-order chi connectivity index (χ1) is 8.83. The third-order valence-electron chi connectivity index (χ3n) is 3.77. The maximum atomic E-state index is 9.85. The molecule has 1 aliphatic rings. The molecule has 3 heteroatoms. The van der Waals surface area contributed by atoms with Crippen LogP contribution in [0.3, 0.4) is 0 Å². The predicted octanol–water partition coefficient (Wildman–Crippen LogP) is 2.58. The highest BCUT2D eigenvalue weighted by Gasteiger charge is 2.25. The quantitative estimate of drug-likeness (QED) is 0.898. The van der Waals surface area contributed by atoms with E-state index in [9.17, 15) is 5.11 Å². The van der Waals surface area contributed by atoms with Crippen molar-refractivity contribution in [2.75, 3.05) is 0 Å². The molecule has 0 amide bonds. The van der Waals surface area contributed by atoms with Crippen molar-refractivity contribution in [2.45, 2.75) is 31.8 Å². The lowest BCUT2D eigenvalue weighted by atomic mass is 9.98. The molecule has 94 valence electrons. The van der Waals surface area contributed by atoms with Crippen molar-refractivity contribution in [2.24, 2.45) is 5.92 Å². The fourth-order valence-electron chi connectivity index (χ4n) is 2.75. The Balaban J connectivity index is 1.74. The normalized spacial score (nSPS) is 23.4. The first kappa shape index (κ1) is 11.5. The van der Waals surface area contributed by atoms with Crippen LogP contribution >= 0.6 is 0 Å². The van der Waals surface area contributed by atoms with Crippen LogP contribution in [0.15, 0.2) is 42.7 Å². The van der Waals surface area contributed by atoms with Gasteiger partial charge in [0.25, 0.3) is 0 Å². The standard InChI is InChI=1S/C15H18N2O/c18-15-8-4-5-13(15)9-12-10-16-17(11-12)14-6-2-1-3-7-14/h1-3,6-7,10-11,13,15,18H,4-5,8-9H2. The summed E-state index contributed by atoms with van der Waals surface area (Å²) in [5, 5.41) is 14.2. The minimum absolute atomic E-state index is 0.120. The second-order valence-corrected chi connectivity index (χ2v) is 5.09. The van der Waals surface area contributed by atoms with Gasteiger partial charge in [0.05, 0.1) is 18.0 Å². The molecule has 0 spiro atoms. The molecule has 1 aromatic carbocycles. The number of aliphatic hydroxyl groups excluding tert-OH is 1. The highest BCUT2D eigenvalue weighted by molar-refractivity contribution is 5.31. The van der Waals surface area contributed by atoms with Gasteiger partial charge in [-0.2, -0.15) is 5.10 Å². The van der Waals surface area contributed by atoms with E-state index in [1.165, 1.54) is 5.56 Å². The van der Waals surface area contributed by atoms with Gasteiger partial charge < -0.3 is 5.11 Å². The lowest BCUT2D eigenvalue weighted by molar-refractivity contribution is 0.132. The first-order valence-corrected chi connectivity index (χ1v) is 6.60. The number of aliphatic hydroxyl groups is 1. The van der Waals surface area contributed by atoms with Gasteiger partial charge in [-0.05, 0) is 42.9 Å². The highest BCUT2D eigenvalue weighted by atomic mass is 16.3. The fourth-order valence-corrected chi connectivity index (χ4v) is 2.75. The summed E-state index contributed by atoms with van der Waals surface area (Å²) >= 11 is 0. The van der Waals surface area contributed by atoms with E-state index in [4.69, 9.17) is 0 Å². The second-order valence-electron chi connectivity index (χ2n) is 5.09. The van der Waals surface area contributed by atoms with Crippen molar-refractivity contribution in [3.05, 3.63) is 48.3 Å². The first-order valence-electron chi connectivity index (χ1n) is 6.60. The van der Waals surface area contributed by atoms with Crippen LogP contribution in [-0.4, -0.2) is 21.0 Å². The van der Waals surface area contributed by atoms with Crippen LogP contribution in [0.2, 0.25) is 0 Å². The minimum Gasteiger partial charge on any atom is -0.393 e. The summed E-state index contributed by atoms with van der Waals surface area (Å²) in [5.41, 5.74) is 2.29. The maximum Gasteiger partial charge on any atom is 0.0645 e. The number of para-hydroxylation sites is 1. The molecule has 1 aromatic heterocycles. The molecule has 1 fully saturated rings. The molecule has 0 aliphatic heterocycles. The van der Waals surface area contributed by atoms with E-state index < -0.39 is 0 Å². The Labute approximate surface area is 107 Å². The summed E-state index contributed by atoms with van der Waals surface area (Å²) in [5.74, 6) is 0.415.